The molecule has 7 nitrogen and oxygen atoms in total. The molecular weight excluding hydrogens is 342 g/mol. The van der Waals surface area contributed by atoms with E-state index in [1.54, 1.807) is 19.2 Å². The molecule has 2 N–H and O–H groups in total. The zero-order chi connectivity index (χ0) is 18.8. The maximum Gasteiger partial charge on any atom is 0.254 e. The van der Waals surface area contributed by atoms with E-state index in [-0.39, 0.29) is 5.91 Å². The van der Waals surface area contributed by atoms with E-state index in [1.165, 1.54) is 0 Å². The van der Waals surface area contributed by atoms with Gasteiger partial charge in [0, 0.05) is 44.4 Å². The molecule has 7 heteroatoms. The van der Waals surface area contributed by atoms with Crippen LogP contribution in [-0.4, -0.2) is 59.9 Å². The molecule has 1 fully saturated rings. The number of aromatic nitrogens is 1. The molecule has 0 unspecified atom stereocenters. The Morgan fingerprint density at radius 2 is 1.78 bits per heavy atom. The Labute approximate surface area is 157 Å². The van der Waals surface area contributed by atoms with Gasteiger partial charge in [0.2, 0.25) is 5.89 Å². The molecule has 0 saturated carbocycles. The third-order valence-electron chi connectivity index (χ3n) is 4.78. The maximum absolute atomic E-state index is 12.8. The third-order valence-corrected chi connectivity index (χ3v) is 4.78. The molecular formula is C20H21N5O2. The summed E-state index contributed by atoms with van der Waals surface area (Å²) in [6.45, 7) is 2.47. The smallest absolute Gasteiger partial charge is 0.254 e. The minimum Gasteiger partial charge on any atom is -0.436 e. The van der Waals surface area contributed by atoms with E-state index >= 15 is 0 Å². The highest BCUT2D eigenvalue weighted by Crippen LogP contribution is 2.25. The number of rotatable bonds is 2. The van der Waals surface area contributed by atoms with Crippen molar-refractivity contribution < 1.29 is 9.21 Å². The van der Waals surface area contributed by atoms with Gasteiger partial charge in [0.15, 0.2) is 11.5 Å². The fraction of sp³-hybridized carbons (Fsp3) is 0.250. The van der Waals surface area contributed by atoms with E-state index in [4.69, 9.17) is 9.83 Å². The van der Waals surface area contributed by atoms with Gasteiger partial charge in [0.1, 0.15) is 5.52 Å². The van der Waals surface area contributed by atoms with Crippen LogP contribution >= 0.6 is 0 Å². The summed E-state index contributed by atoms with van der Waals surface area (Å²) >= 11 is 0. The van der Waals surface area contributed by atoms with Crippen molar-refractivity contribution in [3.63, 3.8) is 0 Å². The molecule has 0 spiro atoms. The molecule has 1 aliphatic rings. The number of amides is 1. The first-order valence-electron chi connectivity index (χ1n) is 8.92. The number of guanidine groups is 1. The lowest BCUT2D eigenvalue weighted by Crippen LogP contribution is -2.52. The summed E-state index contributed by atoms with van der Waals surface area (Å²) in [6, 6.07) is 15.1. The zero-order valence-electron chi connectivity index (χ0n) is 15.1. The zero-order valence-corrected chi connectivity index (χ0v) is 15.1. The number of nitrogens with zero attached hydrogens (tertiary/aromatic N) is 3. The number of oxazole rings is 1. The molecule has 4 rings (SSSR count). The molecule has 0 aliphatic carbocycles. The van der Waals surface area contributed by atoms with Crippen LogP contribution in [0.25, 0.3) is 22.6 Å². The van der Waals surface area contributed by atoms with Crippen LogP contribution in [-0.2, 0) is 0 Å². The van der Waals surface area contributed by atoms with Gasteiger partial charge in [-0.2, -0.15) is 0 Å². The molecule has 3 aromatic rings. The van der Waals surface area contributed by atoms with Gasteiger partial charge >= 0.3 is 0 Å². The van der Waals surface area contributed by atoms with E-state index < -0.39 is 0 Å². The Morgan fingerprint density at radius 3 is 2.48 bits per heavy atom. The predicted molar refractivity (Wildman–Crippen MR) is 104 cm³/mol. The van der Waals surface area contributed by atoms with Crippen molar-refractivity contribution in [1.29, 1.82) is 5.41 Å². The van der Waals surface area contributed by atoms with Crippen molar-refractivity contribution in [1.82, 2.24) is 20.1 Å². The number of nitrogens with one attached hydrogen (secondary N) is 2. The van der Waals surface area contributed by atoms with Gasteiger partial charge < -0.3 is 19.5 Å². The third kappa shape index (κ3) is 3.36. The van der Waals surface area contributed by atoms with Crippen LogP contribution < -0.4 is 5.32 Å². The Balaban J connectivity index is 1.52. The second-order valence-corrected chi connectivity index (χ2v) is 6.45. The minimum atomic E-state index is -0.0230. The first-order chi connectivity index (χ1) is 13.2. The maximum atomic E-state index is 12.8. The SMILES string of the molecule is CNC(=N)N1CCN(C(=O)c2ccc3nc(-c4ccccc4)oc3c2)CC1. The molecule has 138 valence electrons. The number of hydrogen-bond donors (Lipinski definition) is 2. The fourth-order valence-corrected chi connectivity index (χ4v) is 3.24. The first-order valence-corrected chi connectivity index (χ1v) is 8.92. The summed E-state index contributed by atoms with van der Waals surface area (Å²) in [5.74, 6) is 0.915. The Hall–Kier alpha value is -3.35. The summed E-state index contributed by atoms with van der Waals surface area (Å²) in [7, 11) is 1.73. The normalized spacial score (nSPS) is 14.4. The number of benzene rings is 2. The Morgan fingerprint density at radius 1 is 1.07 bits per heavy atom. The van der Waals surface area contributed by atoms with E-state index in [0.29, 0.717) is 49.2 Å². The van der Waals surface area contributed by atoms with Gasteiger partial charge in [-0.3, -0.25) is 10.2 Å². The van der Waals surface area contributed by atoms with Gasteiger partial charge in [-0.25, -0.2) is 4.98 Å². The largest absolute Gasteiger partial charge is 0.436 e. The lowest BCUT2D eigenvalue weighted by Gasteiger charge is -2.35. The van der Waals surface area contributed by atoms with Gasteiger partial charge in [0.25, 0.3) is 5.91 Å². The number of carbonyl (C=O) groups is 1. The van der Waals surface area contributed by atoms with Crippen LogP contribution in [0.1, 0.15) is 10.4 Å². The van der Waals surface area contributed by atoms with E-state index in [1.807, 2.05) is 46.2 Å². The number of carbonyl (C=O) groups excluding carboxylic acids is 1. The number of piperazine rings is 1. The predicted octanol–water partition coefficient (Wildman–Crippen LogP) is 2.41. The van der Waals surface area contributed by atoms with E-state index in [2.05, 4.69) is 10.3 Å². The van der Waals surface area contributed by atoms with Gasteiger partial charge in [-0.05, 0) is 30.3 Å². The lowest BCUT2D eigenvalue weighted by atomic mass is 10.1. The highest BCUT2D eigenvalue weighted by molar-refractivity contribution is 5.97. The average molecular weight is 363 g/mol. The molecule has 0 radical (unpaired) electrons. The van der Waals surface area contributed by atoms with Gasteiger partial charge in [-0.1, -0.05) is 18.2 Å². The molecule has 0 atom stereocenters. The Bertz CT molecular complexity index is 974. The van der Waals surface area contributed by atoms with E-state index in [0.717, 1.165) is 11.1 Å². The van der Waals surface area contributed by atoms with Crippen molar-refractivity contribution in [2.45, 2.75) is 0 Å². The average Bonchev–Trinajstić information content (AvgIpc) is 3.17. The first kappa shape index (κ1) is 17.1. The second-order valence-electron chi connectivity index (χ2n) is 6.45. The fourth-order valence-electron chi connectivity index (χ4n) is 3.24. The minimum absolute atomic E-state index is 0.0230. The van der Waals surface area contributed by atoms with Crippen LogP contribution in [0.5, 0.6) is 0 Å². The summed E-state index contributed by atoms with van der Waals surface area (Å²) in [6.07, 6.45) is 0. The van der Waals surface area contributed by atoms with Crippen molar-refractivity contribution >= 4 is 23.0 Å². The second kappa shape index (κ2) is 7.11. The molecule has 2 heterocycles. The molecule has 0 bridgehead atoms. The van der Waals surface area contributed by atoms with Crippen LogP contribution in [0, 0.1) is 5.41 Å². The molecule has 2 aromatic carbocycles. The standard InChI is InChI=1S/C20H21N5O2/c1-22-20(21)25-11-9-24(10-12-25)19(26)15-7-8-16-17(13-15)27-18(23-16)14-5-3-2-4-6-14/h2-8,13H,9-12H2,1H3,(H2,21,22). The molecule has 27 heavy (non-hydrogen) atoms. The van der Waals surface area contributed by atoms with Crippen LogP contribution in [0.3, 0.4) is 0 Å². The highest BCUT2D eigenvalue weighted by atomic mass is 16.3. The number of fused-ring (bicyclic) bond motifs is 1. The molecule has 1 aliphatic heterocycles. The molecule has 1 saturated heterocycles. The van der Waals surface area contributed by atoms with Crippen LogP contribution in [0.4, 0.5) is 0 Å². The lowest BCUT2D eigenvalue weighted by molar-refractivity contribution is 0.0689. The topological polar surface area (TPSA) is 85.5 Å². The molecule has 1 amide bonds. The highest BCUT2D eigenvalue weighted by Gasteiger charge is 2.23. The summed E-state index contributed by atoms with van der Waals surface area (Å²) in [5, 5.41) is 10.7. The van der Waals surface area contributed by atoms with E-state index in [9.17, 15) is 4.79 Å². The summed E-state index contributed by atoms with van der Waals surface area (Å²) in [4.78, 5) is 21.1. The monoisotopic (exact) mass is 363 g/mol. The number of hydrogen-bond acceptors (Lipinski definition) is 4. The summed E-state index contributed by atoms with van der Waals surface area (Å²) in [5.41, 5.74) is 2.84. The van der Waals surface area contributed by atoms with Gasteiger partial charge in [-0.15, -0.1) is 0 Å². The van der Waals surface area contributed by atoms with Crippen molar-refractivity contribution in [3.8, 4) is 11.5 Å². The van der Waals surface area contributed by atoms with Crippen LogP contribution in [0.2, 0.25) is 0 Å². The quantitative estimate of drug-likeness (QED) is 0.539. The van der Waals surface area contributed by atoms with Crippen molar-refractivity contribution in [2.75, 3.05) is 33.2 Å². The molecule has 1 aromatic heterocycles. The Kier molecular flexibility index (Phi) is 4.50. The van der Waals surface area contributed by atoms with Crippen molar-refractivity contribution in [3.05, 3.63) is 54.1 Å². The van der Waals surface area contributed by atoms with Gasteiger partial charge in [0.05, 0.1) is 0 Å². The van der Waals surface area contributed by atoms with Crippen LogP contribution in [0.15, 0.2) is 52.9 Å². The van der Waals surface area contributed by atoms with Crippen molar-refractivity contribution in [2.24, 2.45) is 0 Å². The summed E-state index contributed by atoms with van der Waals surface area (Å²) < 4.78 is 5.87.